The molecule has 208 valence electrons. The summed E-state index contributed by atoms with van der Waals surface area (Å²) in [5, 5.41) is 0.311. The fraction of sp³-hybridized carbons (Fsp3) is 0.839. The van der Waals surface area contributed by atoms with E-state index < -0.39 is 16.6 Å². The van der Waals surface area contributed by atoms with Crippen LogP contribution in [0.5, 0.6) is 0 Å². The third-order valence-electron chi connectivity index (χ3n) is 11.4. The molecule has 6 heteroatoms. The highest BCUT2D eigenvalue weighted by Gasteiger charge is 2.58. The highest BCUT2D eigenvalue weighted by Crippen LogP contribution is 2.56. The average molecular weight is 545 g/mol. The molecule has 2 saturated carbocycles. The zero-order valence-electron chi connectivity index (χ0n) is 25.3. The van der Waals surface area contributed by atoms with Crippen LogP contribution in [0.1, 0.15) is 92.9 Å². The van der Waals surface area contributed by atoms with E-state index in [1.54, 1.807) is 0 Å². The topological polar surface area (TPSA) is 44.8 Å². The Bertz CT molecular complexity index is 931. The summed E-state index contributed by atoms with van der Waals surface area (Å²) in [4.78, 5) is 14.4. The average Bonchev–Trinajstić information content (AvgIpc) is 3.41. The second kappa shape index (κ2) is 9.09. The number of allylic oxidation sites excluding steroid dienone is 2. The van der Waals surface area contributed by atoms with Crippen LogP contribution in [0, 0.1) is 23.7 Å². The van der Waals surface area contributed by atoms with E-state index >= 15 is 0 Å². The maximum Gasteiger partial charge on any atom is 0.250 e. The van der Waals surface area contributed by atoms with Gasteiger partial charge in [-0.2, -0.15) is 0 Å². The highest BCUT2D eigenvalue weighted by molar-refractivity contribution is 6.74. The van der Waals surface area contributed by atoms with E-state index in [4.69, 9.17) is 13.6 Å². The van der Waals surface area contributed by atoms with Crippen LogP contribution >= 0.6 is 0 Å². The number of Topliss-reactive ketones (excluding diaryl/α,β-unsaturated/α-hetero) is 1. The molecule has 6 atom stereocenters. The molecule has 0 aromatic heterocycles. The fourth-order valence-electron chi connectivity index (χ4n) is 7.24. The van der Waals surface area contributed by atoms with Crippen LogP contribution in [0.3, 0.4) is 0 Å². The number of hydrogen-bond acceptors (Lipinski definition) is 4. The molecule has 0 unspecified atom stereocenters. The van der Waals surface area contributed by atoms with E-state index in [1.165, 1.54) is 35.5 Å². The standard InChI is InChI=1S/C31H52O4Si2/c1-30(2,3)36(7,8)34-23-17-25-27(21-15-11-13-19(21)23)29(32)28-22-16-12-14-20(22)24(18-26(28)33-25)35-37(9,10)31(4,5)6/h21-22,25-28H,11-18H2,1-10H3/t21-,22-,25+,26+,27-,28-/m1/s1. The first-order valence-electron chi connectivity index (χ1n) is 15.0. The molecule has 1 heterocycles. The summed E-state index contributed by atoms with van der Waals surface area (Å²) in [6, 6.07) is 0. The van der Waals surface area contributed by atoms with Crippen LogP contribution in [0.15, 0.2) is 22.7 Å². The number of hydrogen-bond donors (Lipinski definition) is 0. The first-order chi connectivity index (χ1) is 17.0. The zero-order valence-corrected chi connectivity index (χ0v) is 27.3. The molecule has 0 N–H and O–H groups in total. The third kappa shape index (κ3) is 4.65. The van der Waals surface area contributed by atoms with Gasteiger partial charge in [-0.1, -0.05) is 41.5 Å². The van der Waals surface area contributed by atoms with Crippen molar-refractivity contribution in [2.75, 3.05) is 0 Å². The van der Waals surface area contributed by atoms with Crippen LogP contribution in [0.2, 0.25) is 36.3 Å². The summed E-state index contributed by atoms with van der Waals surface area (Å²) in [6.45, 7) is 23.2. The van der Waals surface area contributed by atoms with Gasteiger partial charge >= 0.3 is 0 Å². The predicted molar refractivity (Wildman–Crippen MR) is 155 cm³/mol. The number of carbonyl (C=O) groups is 1. The predicted octanol–water partition coefficient (Wildman–Crippen LogP) is 8.51. The molecule has 4 nitrogen and oxygen atoms in total. The molecule has 1 aliphatic heterocycles. The molecule has 37 heavy (non-hydrogen) atoms. The number of ether oxygens (including phenoxy) is 1. The number of fused-ring (bicyclic) bond motifs is 6. The third-order valence-corrected chi connectivity index (χ3v) is 20.1. The number of carbonyl (C=O) groups excluding carboxylic acids is 1. The van der Waals surface area contributed by atoms with E-state index in [1.807, 2.05) is 0 Å². The van der Waals surface area contributed by atoms with Crippen molar-refractivity contribution in [1.29, 1.82) is 0 Å². The molecule has 0 aromatic rings. The highest BCUT2D eigenvalue weighted by atomic mass is 28.4. The zero-order chi connectivity index (χ0) is 27.1. The van der Waals surface area contributed by atoms with Gasteiger partial charge in [0.15, 0.2) is 0 Å². The van der Waals surface area contributed by atoms with Crippen molar-refractivity contribution in [1.82, 2.24) is 0 Å². The van der Waals surface area contributed by atoms with Gasteiger partial charge in [-0.3, -0.25) is 4.79 Å². The lowest BCUT2D eigenvalue weighted by molar-refractivity contribution is -0.170. The first kappa shape index (κ1) is 27.7. The molecule has 3 fully saturated rings. The fourth-order valence-corrected chi connectivity index (χ4v) is 9.51. The van der Waals surface area contributed by atoms with Crippen molar-refractivity contribution in [3.05, 3.63) is 22.7 Å². The molecule has 0 bridgehead atoms. The summed E-state index contributed by atoms with van der Waals surface area (Å²) in [7, 11) is -3.91. The van der Waals surface area contributed by atoms with Gasteiger partial charge < -0.3 is 13.6 Å². The van der Waals surface area contributed by atoms with E-state index in [0.29, 0.717) is 17.6 Å². The minimum absolute atomic E-state index is 0.0234. The largest absolute Gasteiger partial charge is 0.546 e. The van der Waals surface area contributed by atoms with Crippen molar-refractivity contribution in [2.45, 2.75) is 141 Å². The molecule has 0 radical (unpaired) electrons. The molecule has 1 saturated heterocycles. The Morgan fingerprint density at radius 3 is 1.43 bits per heavy atom. The maximum absolute atomic E-state index is 14.4. The van der Waals surface area contributed by atoms with Gasteiger partial charge in [-0.05, 0) is 97.8 Å². The van der Waals surface area contributed by atoms with Gasteiger partial charge in [0.1, 0.15) is 5.78 Å². The van der Waals surface area contributed by atoms with Crippen LogP contribution in [-0.2, 0) is 18.4 Å². The van der Waals surface area contributed by atoms with Gasteiger partial charge in [0.2, 0.25) is 16.6 Å². The summed E-state index contributed by atoms with van der Waals surface area (Å²) in [5.41, 5.74) is 2.92. The van der Waals surface area contributed by atoms with Crippen LogP contribution in [0.4, 0.5) is 0 Å². The monoisotopic (exact) mass is 544 g/mol. The molecule has 0 aromatic carbocycles. The SMILES string of the molecule is CC(C)(C)[Si](C)(C)OC1=C2CCC[C@H]2[C@H]2C(=O)[C@H]3[C@H](CC(O[Si](C)(C)C(C)(C)C)=C4CCC[C@H]43)O[C@H]2C1. The van der Waals surface area contributed by atoms with Gasteiger partial charge in [0.25, 0.3) is 0 Å². The first-order valence-corrected chi connectivity index (χ1v) is 20.8. The Kier molecular flexibility index (Phi) is 6.80. The Labute approximate surface area is 228 Å². The molecular formula is C31H52O4Si2. The van der Waals surface area contributed by atoms with Crippen molar-refractivity contribution < 1.29 is 18.4 Å². The van der Waals surface area contributed by atoms with E-state index in [9.17, 15) is 4.79 Å². The number of rotatable bonds is 4. The lowest BCUT2D eigenvalue weighted by atomic mass is 9.64. The minimum Gasteiger partial charge on any atom is -0.546 e. The Morgan fingerprint density at radius 2 is 1.08 bits per heavy atom. The van der Waals surface area contributed by atoms with Crippen LogP contribution in [0.25, 0.3) is 0 Å². The molecule has 0 spiro atoms. The van der Waals surface area contributed by atoms with Crippen molar-refractivity contribution in [3.8, 4) is 0 Å². The van der Waals surface area contributed by atoms with Gasteiger partial charge in [0, 0.05) is 12.8 Å². The Balaban J connectivity index is 1.45. The van der Waals surface area contributed by atoms with Crippen LogP contribution < -0.4 is 0 Å². The van der Waals surface area contributed by atoms with Gasteiger partial charge in [-0.15, -0.1) is 0 Å². The van der Waals surface area contributed by atoms with E-state index in [0.717, 1.165) is 38.5 Å². The summed E-state index contributed by atoms with van der Waals surface area (Å²) < 4.78 is 21.0. The molecule has 4 aliphatic carbocycles. The normalized spacial score (nSPS) is 34.7. The number of ketones is 1. The lowest BCUT2D eigenvalue weighted by Crippen LogP contribution is -2.56. The summed E-state index contributed by atoms with van der Waals surface area (Å²) in [5.74, 6) is 3.58. The molecule has 5 aliphatic rings. The van der Waals surface area contributed by atoms with Crippen molar-refractivity contribution >= 4 is 22.4 Å². The smallest absolute Gasteiger partial charge is 0.250 e. The van der Waals surface area contributed by atoms with Crippen molar-refractivity contribution in [3.63, 3.8) is 0 Å². The second-order valence-corrected chi connectivity index (χ2v) is 25.1. The van der Waals surface area contributed by atoms with E-state index in [2.05, 4.69) is 67.7 Å². The molecular weight excluding hydrogens is 493 g/mol. The van der Waals surface area contributed by atoms with Gasteiger partial charge in [-0.25, -0.2) is 0 Å². The lowest BCUT2D eigenvalue weighted by Gasteiger charge is -2.51. The summed E-state index contributed by atoms with van der Waals surface area (Å²) >= 11 is 0. The van der Waals surface area contributed by atoms with E-state index in [-0.39, 0.29) is 34.1 Å². The molecule has 0 amide bonds. The molecule has 5 rings (SSSR count). The maximum atomic E-state index is 14.4. The van der Waals surface area contributed by atoms with Crippen LogP contribution in [-0.4, -0.2) is 34.6 Å². The minimum atomic E-state index is -1.95. The Morgan fingerprint density at radius 1 is 0.703 bits per heavy atom. The quantitative estimate of drug-likeness (QED) is 0.333. The second-order valence-electron chi connectivity index (χ2n) is 15.7. The summed E-state index contributed by atoms with van der Waals surface area (Å²) in [6.07, 6.45) is 8.23. The Hall–Kier alpha value is -0.856. The van der Waals surface area contributed by atoms with Gasteiger partial charge in [0.05, 0.1) is 35.6 Å². The van der Waals surface area contributed by atoms with Crippen molar-refractivity contribution in [2.24, 2.45) is 23.7 Å².